The van der Waals surface area contributed by atoms with E-state index in [0.717, 1.165) is 12.1 Å². The van der Waals surface area contributed by atoms with Gasteiger partial charge in [-0.15, -0.1) is 0 Å². The highest BCUT2D eigenvalue weighted by Crippen LogP contribution is 2.18. The second kappa shape index (κ2) is 5.97. The van der Waals surface area contributed by atoms with Crippen molar-refractivity contribution in [2.75, 3.05) is 7.05 Å². The summed E-state index contributed by atoms with van der Waals surface area (Å²) in [5.41, 5.74) is 3.50. The third-order valence-electron chi connectivity index (χ3n) is 3.25. The highest BCUT2D eigenvalue weighted by Gasteiger charge is 2.13. The lowest BCUT2D eigenvalue weighted by atomic mass is 10.0. The fraction of sp³-hybridized carbons (Fsp3) is 0.467. The average Bonchev–Trinajstić information content (AvgIpc) is 2.84. The molecule has 0 amide bonds. The SMILES string of the molecule is CNC(Cc1ccn(C(C)C)n1)c1cncc(C)c1. The molecule has 2 aromatic rings. The minimum absolute atomic E-state index is 0.253. The zero-order chi connectivity index (χ0) is 13.8. The molecule has 0 saturated heterocycles. The molecule has 2 heterocycles. The van der Waals surface area contributed by atoms with Gasteiger partial charge in [-0.2, -0.15) is 5.10 Å². The fourth-order valence-electron chi connectivity index (χ4n) is 2.14. The first-order valence-electron chi connectivity index (χ1n) is 6.73. The number of hydrogen-bond acceptors (Lipinski definition) is 3. The van der Waals surface area contributed by atoms with Crippen LogP contribution in [0.5, 0.6) is 0 Å². The summed E-state index contributed by atoms with van der Waals surface area (Å²) in [6.45, 7) is 6.34. The molecule has 0 spiro atoms. The minimum Gasteiger partial charge on any atom is -0.313 e. The Morgan fingerprint density at radius 1 is 1.32 bits per heavy atom. The molecule has 19 heavy (non-hydrogen) atoms. The van der Waals surface area contributed by atoms with Gasteiger partial charge in [0.1, 0.15) is 0 Å². The molecule has 1 atom stereocenters. The van der Waals surface area contributed by atoms with Crippen LogP contribution >= 0.6 is 0 Å². The number of pyridine rings is 1. The molecule has 0 aromatic carbocycles. The van der Waals surface area contributed by atoms with Crippen molar-refractivity contribution in [3.05, 3.63) is 47.5 Å². The van der Waals surface area contributed by atoms with Crippen LogP contribution in [-0.4, -0.2) is 21.8 Å². The molecule has 0 fully saturated rings. The van der Waals surface area contributed by atoms with E-state index in [-0.39, 0.29) is 6.04 Å². The molecule has 0 aliphatic heterocycles. The molecule has 0 radical (unpaired) electrons. The Kier molecular flexibility index (Phi) is 4.32. The number of aryl methyl sites for hydroxylation is 1. The maximum atomic E-state index is 4.60. The number of hydrogen-bond donors (Lipinski definition) is 1. The van der Waals surface area contributed by atoms with Gasteiger partial charge in [0.25, 0.3) is 0 Å². The molecule has 1 unspecified atom stereocenters. The molecule has 4 nitrogen and oxygen atoms in total. The first-order chi connectivity index (χ1) is 9.10. The second-order valence-electron chi connectivity index (χ2n) is 5.22. The van der Waals surface area contributed by atoms with Gasteiger partial charge in [0.15, 0.2) is 0 Å². The second-order valence-corrected chi connectivity index (χ2v) is 5.22. The average molecular weight is 258 g/mol. The van der Waals surface area contributed by atoms with E-state index in [4.69, 9.17) is 0 Å². The molecule has 2 rings (SSSR count). The molecule has 1 N–H and O–H groups in total. The normalized spacial score (nSPS) is 12.9. The Morgan fingerprint density at radius 3 is 2.68 bits per heavy atom. The fourth-order valence-corrected chi connectivity index (χ4v) is 2.14. The van der Waals surface area contributed by atoms with E-state index in [9.17, 15) is 0 Å². The van der Waals surface area contributed by atoms with Crippen LogP contribution in [0.2, 0.25) is 0 Å². The molecule has 0 bridgehead atoms. The Morgan fingerprint density at radius 2 is 2.11 bits per heavy atom. The van der Waals surface area contributed by atoms with Crippen molar-refractivity contribution in [3.63, 3.8) is 0 Å². The van der Waals surface area contributed by atoms with Crippen molar-refractivity contribution in [3.8, 4) is 0 Å². The lowest BCUT2D eigenvalue weighted by Crippen LogP contribution is -2.19. The van der Waals surface area contributed by atoms with E-state index in [1.807, 2.05) is 30.3 Å². The number of nitrogens with zero attached hydrogens (tertiary/aromatic N) is 3. The Labute approximate surface area is 114 Å². The zero-order valence-electron chi connectivity index (χ0n) is 12.1. The van der Waals surface area contributed by atoms with Gasteiger partial charge in [0.05, 0.1) is 5.69 Å². The smallest absolute Gasteiger partial charge is 0.0643 e. The third kappa shape index (κ3) is 3.41. The van der Waals surface area contributed by atoms with Crippen LogP contribution in [0.3, 0.4) is 0 Å². The predicted octanol–water partition coefficient (Wildman–Crippen LogP) is 2.67. The van der Waals surface area contributed by atoms with E-state index in [0.29, 0.717) is 6.04 Å². The van der Waals surface area contributed by atoms with Gasteiger partial charge in [-0.1, -0.05) is 6.07 Å². The summed E-state index contributed by atoms with van der Waals surface area (Å²) in [6.07, 6.45) is 6.72. The van der Waals surface area contributed by atoms with Crippen molar-refractivity contribution < 1.29 is 0 Å². The van der Waals surface area contributed by atoms with E-state index < -0.39 is 0 Å². The molecule has 0 aliphatic carbocycles. The van der Waals surface area contributed by atoms with Crippen molar-refractivity contribution in [1.82, 2.24) is 20.1 Å². The number of nitrogens with one attached hydrogen (secondary N) is 1. The van der Waals surface area contributed by atoms with Gasteiger partial charge >= 0.3 is 0 Å². The van der Waals surface area contributed by atoms with Crippen LogP contribution in [0.4, 0.5) is 0 Å². The lowest BCUT2D eigenvalue weighted by molar-refractivity contribution is 0.514. The van der Waals surface area contributed by atoms with Crippen LogP contribution in [0.25, 0.3) is 0 Å². The van der Waals surface area contributed by atoms with Crippen molar-refractivity contribution in [1.29, 1.82) is 0 Å². The van der Waals surface area contributed by atoms with Crippen LogP contribution < -0.4 is 5.32 Å². The molecule has 0 saturated carbocycles. The van der Waals surface area contributed by atoms with Gasteiger partial charge in [0.2, 0.25) is 0 Å². The Balaban J connectivity index is 2.14. The molecular weight excluding hydrogens is 236 g/mol. The van der Waals surface area contributed by atoms with Gasteiger partial charge in [-0.05, 0) is 45.0 Å². The highest BCUT2D eigenvalue weighted by molar-refractivity contribution is 5.21. The van der Waals surface area contributed by atoms with Crippen LogP contribution in [-0.2, 0) is 6.42 Å². The number of rotatable bonds is 5. The Hall–Kier alpha value is -1.68. The summed E-state index contributed by atoms with van der Waals surface area (Å²) < 4.78 is 2.00. The van der Waals surface area contributed by atoms with Gasteiger partial charge in [0, 0.05) is 37.1 Å². The monoisotopic (exact) mass is 258 g/mol. The number of likely N-dealkylation sites (N-methyl/N-ethyl adjacent to an activating group) is 1. The summed E-state index contributed by atoms with van der Waals surface area (Å²) >= 11 is 0. The topological polar surface area (TPSA) is 42.7 Å². The maximum Gasteiger partial charge on any atom is 0.0643 e. The lowest BCUT2D eigenvalue weighted by Gasteiger charge is -2.15. The maximum absolute atomic E-state index is 4.60. The minimum atomic E-state index is 0.253. The summed E-state index contributed by atoms with van der Waals surface area (Å²) in [5, 5.41) is 7.94. The third-order valence-corrected chi connectivity index (χ3v) is 3.25. The summed E-state index contributed by atoms with van der Waals surface area (Å²) in [7, 11) is 1.98. The molecule has 4 heteroatoms. The zero-order valence-corrected chi connectivity index (χ0v) is 12.1. The van der Waals surface area contributed by atoms with Crippen LogP contribution in [0.15, 0.2) is 30.7 Å². The summed E-state index contributed by atoms with van der Waals surface area (Å²) in [5.74, 6) is 0. The van der Waals surface area contributed by atoms with Gasteiger partial charge < -0.3 is 5.32 Å². The summed E-state index contributed by atoms with van der Waals surface area (Å²) in [4.78, 5) is 4.26. The highest BCUT2D eigenvalue weighted by atomic mass is 15.3. The molecule has 102 valence electrons. The summed E-state index contributed by atoms with van der Waals surface area (Å²) in [6, 6.07) is 4.92. The van der Waals surface area contributed by atoms with E-state index >= 15 is 0 Å². The van der Waals surface area contributed by atoms with Gasteiger partial charge in [-0.3, -0.25) is 9.67 Å². The van der Waals surface area contributed by atoms with Crippen molar-refractivity contribution >= 4 is 0 Å². The quantitative estimate of drug-likeness (QED) is 0.896. The van der Waals surface area contributed by atoms with Crippen molar-refractivity contribution in [2.24, 2.45) is 0 Å². The first-order valence-corrected chi connectivity index (χ1v) is 6.73. The predicted molar refractivity (Wildman–Crippen MR) is 77.1 cm³/mol. The van der Waals surface area contributed by atoms with Crippen LogP contribution in [0, 0.1) is 6.92 Å². The first kappa shape index (κ1) is 13.7. The Bertz CT molecular complexity index is 530. The number of aromatic nitrogens is 3. The van der Waals surface area contributed by atoms with Crippen LogP contribution in [0.1, 0.15) is 42.8 Å². The van der Waals surface area contributed by atoms with E-state index in [1.54, 1.807) is 0 Å². The van der Waals surface area contributed by atoms with E-state index in [2.05, 4.69) is 48.3 Å². The largest absolute Gasteiger partial charge is 0.313 e. The standard InChI is InChI=1S/C15H22N4/c1-11(2)19-6-5-14(18-19)8-15(16-4)13-7-12(3)9-17-10-13/h5-7,9-11,15-16H,8H2,1-4H3. The molecule has 0 aliphatic rings. The van der Waals surface area contributed by atoms with E-state index in [1.165, 1.54) is 11.1 Å². The molecular formula is C15H22N4. The van der Waals surface area contributed by atoms with Gasteiger partial charge in [-0.25, -0.2) is 0 Å². The van der Waals surface area contributed by atoms with Crippen molar-refractivity contribution in [2.45, 2.75) is 39.3 Å². The molecule has 2 aromatic heterocycles.